The fraction of sp³-hybridized carbons (Fsp3) is 0.333. The summed E-state index contributed by atoms with van der Waals surface area (Å²) in [5.74, 6) is 0. The van der Waals surface area contributed by atoms with Crippen molar-refractivity contribution in [3.63, 3.8) is 0 Å². The van der Waals surface area contributed by atoms with Gasteiger partial charge in [0.25, 0.3) is 0 Å². The average Bonchev–Trinajstić information content (AvgIpc) is 2.52. The van der Waals surface area contributed by atoms with Crippen molar-refractivity contribution in [3.8, 4) is 0 Å². The molecule has 1 heterocycles. The fourth-order valence-electron chi connectivity index (χ4n) is 3.09. The average molecular weight is 335 g/mol. The Morgan fingerprint density at radius 2 is 1.82 bits per heavy atom. The third-order valence-corrected chi connectivity index (χ3v) is 4.71. The predicted octanol–water partition coefficient (Wildman–Crippen LogP) is 4.30. The highest BCUT2D eigenvalue weighted by Crippen LogP contribution is 2.35. The van der Waals surface area contributed by atoms with Crippen molar-refractivity contribution >= 4 is 23.2 Å². The van der Waals surface area contributed by atoms with Gasteiger partial charge >= 0.3 is 0 Å². The number of nitrogens with zero attached hydrogens (tertiary/aromatic N) is 1. The largest absolute Gasteiger partial charge is 0.314 e. The molecule has 1 aliphatic rings. The smallest absolute Gasteiger partial charge is 0.0618 e. The Hall–Kier alpha value is -1.06. The van der Waals surface area contributed by atoms with E-state index >= 15 is 0 Å². The quantitative estimate of drug-likeness (QED) is 0.900. The van der Waals surface area contributed by atoms with E-state index in [1.807, 2.05) is 18.2 Å². The molecule has 22 heavy (non-hydrogen) atoms. The Labute approximate surface area is 142 Å². The molecule has 1 aliphatic heterocycles. The lowest BCUT2D eigenvalue weighted by Gasteiger charge is -2.36. The first-order valence-corrected chi connectivity index (χ1v) is 8.37. The van der Waals surface area contributed by atoms with E-state index in [1.54, 1.807) is 0 Å². The second-order valence-electron chi connectivity index (χ2n) is 5.77. The van der Waals surface area contributed by atoms with E-state index in [9.17, 15) is 0 Å². The minimum Gasteiger partial charge on any atom is -0.314 e. The first-order valence-electron chi connectivity index (χ1n) is 7.61. The van der Waals surface area contributed by atoms with Gasteiger partial charge in [-0.1, -0.05) is 53.0 Å². The molecule has 2 nitrogen and oxygen atoms in total. The number of aryl methyl sites for hydroxylation is 1. The van der Waals surface area contributed by atoms with Crippen LogP contribution in [0.2, 0.25) is 10.0 Å². The summed E-state index contributed by atoms with van der Waals surface area (Å²) in [6.07, 6.45) is 0. The lowest BCUT2D eigenvalue weighted by molar-refractivity contribution is 0.198. The highest BCUT2D eigenvalue weighted by Gasteiger charge is 2.25. The molecule has 2 aromatic carbocycles. The number of halogens is 2. The van der Waals surface area contributed by atoms with Gasteiger partial charge in [0.2, 0.25) is 0 Å². The van der Waals surface area contributed by atoms with Gasteiger partial charge in [-0.15, -0.1) is 0 Å². The summed E-state index contributed by atoms with van der Waals surface area (Å²) in [6, 6.07) is 14.5. The van der Waals surface area contributed by atoms with Crippen LogP contribution >= 0.6 is 23.2 Å². The third-order valence-electron chi connectivity index (χ3n) is 4.13. The maximum atomic E-state index is 6.50. The highest BCUT2D eigenvalue weighted by molar-refractivity contribution is 6.33. The van der Waals surface area contributed by atoms with Crippen LogP contribution in [0.15, 0.2) is 42.5 Å². The van der Waals surface area contributed by atoms with Crippen molar-refractivity contribution < 1.29 is 0 Å². The van der Waals surface area contributed by atoms with E-state index < -0.39 is 0 Å². The molecule has 1 unspecified atom stereocenters. The van der Waals surface area contributed by atoms with Gasteiger partial charge in [-0.25, -0.2) is 0 Å². The highest BCUT2D eigenvalue weighted by atomic mass is 35.5. The van der Waals surface area contributed by atoms with Crippen LogP contribution in [0.3, 0.4) is 0 Å². The summed E-state index contributed by atoms with van der Waals surface area (Å²) in [5, 5.41) is 4.91. The third kappa shape index (κ3) is 3.47. The molecule has 0 amide bonds. The fourth-order valence-corrected chi connectivity index (χ4v) is 3.49. The van der Waals surface area contributed by atoms with E-state index in [0.29, 0.717) is 0 Å². The van der Waals surface area contributed by atoms with Gasteiger partial charge in [-0.05, 0) is 36.2 Å². The maximum absolute atomic E-state index is 6.50. The second kappa shape index (κ2) is 7.01. The molecule has 0 saturated carbocycles. The Morgan fingerprint density at radius 3 is 2.55 bits per heavy atom. The summed E-state index contributed by atoms with van der Waals surface area (Å²) < 4.78 is 0. The van der Waals surface area contributed by atoms with E-state index in [0.717, 1.165) is 41.8 Å². The minimum atomic E-state index is 0.146. The zero-order valence-electron chi connectivity index (χ0n) is 12.7. The molecule has 0 bridgehead atoms. The van der Waals surface area contributed by atoms with Crippen LogP contribution in [0.1, 0.15) is 22.7 Å². The molecular formula is C18H20Cl2N2. The van der Waals surface area contributed by atoms with Crippen molar-refractivity contribution in [2.75, 3.05) is 26.2 Å². The lowest BCUT2D eigenvalue weighted by Crippen LogP contribution is -2.45. The van der Waals surface area contributed by atoms with Crippen molar-refractivity contribution in [2.24, 2.45) is 0 Å². The van der Waals surface area contributed by atoms with Gasteiger partial charge in [0.1, 0.15) is 0 Å². The van der Waals surface area contributed by atoms with Crippen LogP contribution in [0, 0.1) is 6.92 Å². The summed E-state index contributed by atoms with van der Waals surface area (Å²) in [4.78, 5) is 2.48. The monoisotopic (exact) mass is 334 g/mol. The van der Waals surface area contributed by atoms with Gasteiger partial charge in [-0.3, -0.25) is 4.90 Å². The van der Waals surface area contributed by atoms with Crippen LogP contribution in [0.4, 0.5) is 0 Å². The Kier molecular flexibility index (Phi) is 5.04. The SMILES string of the molecule is Cc1cccc(C(c2cc(Cl)ccc2Cl)N2CCNCC2)c1. The number of benzene rings is 2. The molecule has 4 heteroatoms. The minimum absolute atomic E-state index is 0.146. The normalized spacial score (nSPS) is 17.4. The van der Waals surface area contributed by atoms with Crippen molar-refractivity contribution in [1.82, 2.24) is 10.2 Å². The van der Waals surface area contributed by atoms with Crippen LogP contribution in [0.5, 0.6) is 0 Å². The number of nitrogens with one attached hydrogen (secondary N) is 1. The molecule has 1 saturated heterocycles. The van der Waals surface area contributed by atoms with E-state index in [4.69, 9.17) is 23.2 Å². The van der Waals surface area contributed by atoms with Crippen molar-refractivity contribution in [1.29, 1.82) is 0 Å². The first kappa shape index (κ1) is 15.8. The lowest BCUT2D eigenvalue weighted by atomic mass is 9.95. The van der Waals surface area contributed by atoms with Crippen LogP contribution in [0.25, 0.3) is 0 Å². The standard InChI is InChI=1S/C18H20Cl2N2/c1-13-3-2-4-14(11-13)18(22-9-7-21-8-10-22)16-12-15(19)5-6-17(16)20/h2-6,11-12,18,21H,7-10H2,1H3. The molecule has 1 fully saturated rings. The molecular weight excluding hydrogens is 315 g/mol. The predicted molar refractivity (Wildman–Crippen MR) is 93.9 cm³/mol. The Morgan fingerprint density at radius 1 is 1.05 bits per heavy atom. The second-order valence-corrected chi connectivity index (χ2v) is 6.61. The first-order chi connectivity index (χ1) is 10.6. The van der Waals surface area contributed by atoms with Gasteiger partial charge in [0.05, 0.1) is 6.04 Å². The molecule has 1 N–H and O–H groups in total. The molecule has 3 rings (SSSR count). The number of hydrogen-bond donors (Lipinski definition) is 1. The van der Waals surface area contributed by atoms with E-state index in [2.05, 4.69) is 41.4 Å². The van der Waals surface area contributed by atoms with Crippen LogP contribution in [-0.4, -0.2) is 31.1 Å². The molecule has 0 radical (unpaired) electrons. The van der Waals surface area contributed by atoms with Crippen molar-refractivity contribution in [2.45, 2.75) is 13.0 Å². The van der Waals surface area contributed by atoms with Crippen molar-refractivity contribution in [3.05, 3.63) is 69.2 Å². The topological polar surface area (TPSA) is 15.3 Å². The summed E-state index contributed by atoms with van der Waals surface area (Å²) >= 11 is 12.7. The zero-order valence-corrected chi connectivity index (χ0v) is 14.2. The molecule has 0 aliphatic carbocycles. The van der Waals surface area contributed by atoms with Gasteiger partial charge < -0.3 is 5.32 Å². The summed E-state index contributed by atoms with van der Waals surface area (Å²) in [7, 11) is 0. The van der Waals surface area contributed by atoms with Gasteiger partial charge in [-0.2, -0.15) is 0 Å². The summed E-state index contributed by atoms with van der Waals surface area (Å²) in [6.45, 7) is 6.13. The zero-order chi connectivity index (χ0) is 15.5. The number of piperazine rings is 1. The number of rotatable bonds is 3. The molecule has 0 aromatic heterocycles. The van der Waals surface area contributed by atoms with Crippen LogP contribution in [-0.2, 0) is 0 Å². The van der Waals surface area contributed by atoms with E-state index in [-0.39, 0.29) is 6.04 Å². The molecule has 1 atom stereocenters. The Balaban J connectivity index is 2.07. The van der Waals surface area contributed by atoms with Gasteiger partial charge in [0, 0.05) is 36.2 Å². The Bertz CT molecular complexity index is 651. The molecule has 2 aromatic rings. The van der Waals surface area contributed by atoms with Gasteiger partial charge in [0.15, 0.2) is 0 Å². The molecule has 0 spiro atoms. The maximum Gasteiger partial charge on any atom is 0.0618 e. The molecule has 116 valence electrons. The summed E-state index contributed by atoms with van der Waals surface area (Å²) in [5.41, 5.74) is 3.61. The van der Waals surface area contributed by atoms with Crippen LogP contribution < -0.4 is 5.32 Å². The number of hydrogen-bond acceptors (Lipinski definition) is 2. The van der Waals surface area contributed by atoms with E-state index in [1.165, 1.54) is 11.1 Å².